The van der Waals surface area contributed by atoms with E-state index in [2.05, 4.69) is 15.9 Å². The Bertz CT molecular complexity index is 389. The fraction of sp³-hybridized carbons (Fsp3) is 0.364. The molecule has 1 aromatic carbocycles. The van der Waals surface area contributed by atoms with Crippen molar-refractivity contribution in [3.8, 4) is 0 Å². The van der Waals surface area contributed by atoms with E-state index in [1.165, 1.54) is 17.0 Å². The summed E-state index contributed by atoms with van der Waals surface area (Å²) in [7, 11) is 1.60. The van der Waals surface area contributed by atoms with Crippen LogP contribution < -0.4 is 0 Å². The van der Waals surface area contributed by atoms with Crippen molar-refractivity contribution in [2.24, 2.45) is 0 Å². The molecule has 0 aliphatic heterocycles. The summed E-state index contributed by atoms with van der Waals surface area (Å²) in [4.78, 5) is 12.7. The maximum absolute atomic E-state index is 12.3. The molecule has 0 aliphatic carbocycles. The number of nitrogens with zero attached hydrogens (tertiary/aromatic N) is 1. The second kappa shape index (κ2) is 5.53. The molecule has 0 unspecified atom stereocenters. The maximum Gasteiger partial charge on any atom is 0.416 e. The lowest BCUT2D eigenvalue weighted by molar-refractivity contribution is -0.137. The standard InChI is InChI=1S/C11H11BrF3NO/c1-16(10(17)6-12)7-8-2-4-9(5-3-8)11(13,14)15/h2-5H,6-7H2,1H3. The third-order valence-corrected chi connectivity index (χ3v) is 2.72. The average Bonchev–Trinajstić information content (AvgIpc) is 2.27. The Morgan fingerprint density at radius 1 is 1.29 bits per heavy atom. The first-order chi connectivity index (χ1) is 7.84. The number of rotatable bonds is 3. The van der Waals surface area contributed by atoms with Crippen LogP contribution in [0.25, 0.3) is 0 Å². The number of carbonyl (C=O) groups excluding carboxylic acids is 1. The van der Waals surface area contributed by atoms with Crippen molar-refractivity contribution in [1.29, 1.82) is 0 Å². The van der Waals surface area contributed by atoms with Gasteiger partial charge in [-0.15, -0.1) is 0 Å². The zero-order valence-corrected chi connectivity index (χ0v) is 10.7. The van der Waals surface area contributed by atoms with Gasteiger partial charge in [0.1, 0.15) is 0 Å². The molecular weight excluding hydrogens is 299 g/mol. The van der Waals surface area contributed by atoms with Gasteiger partial charge in [0.15, 0.2) is 0 Å². The van der Waals surface area contributed by atoms with Crippen molar-refractivity contribution in [2.75, 3.05) is 12.4 Å². The molecule has 0 aliphatic rings. The lowest BCUT2D eigenvalue weighted by Crippen LogP contribution is -2.26. The van der Waals surface area contributed by atoms with Gasteiger partial charge in [-0.1, -0.05) is 28.1 Å². The van der Waals surface area contributed by atoms with E-state index in [1.807, 2.05) is 0 Å². The first-order valence-electron chi connectivity index (χ1n) is 4.80. The lowest BCUT2D eigenvalue weighted by atomic mass is 10.1. The molecule has 0 atom stereocenters. The van der Waals surface area contributed by atoms with Crippen molar-refractivity contribution >= 4 is 21.8 Å². The second-order valence-corrected chi connectivity index (χ2v) is 4.14. The molecule has 0 heterocycles. The minimum absolute atomic E-state index is 0.120. The highest BCUT2D eigenvalue weighted by molar-refractivity contribution is 9.09. The Hall–Kier alpha value is -1.04. The van der Waals surface area contributed by atoms with Crippen LogP contribution in [0, 0.1) is 0 Å². The molecule has 0 N–H and O–H groups in total. The molecule has 1 amide bonds. The minimum Gasteiger partial charge on any atom is -0.341 e. The van der Waals surface area contributed by atoms with E-state index in [0.29, 0.717) is 12.1 Å². The van der Waals surface area contributed by atoms with Gasteiger partial charge in [-0.2, -0.15) is 13.2 Å². The van der Waals surface area contributed by atoms with Gasteiger partial charge in [0, 0.05) is 13.6 Å². The lowest BCUT2D eigenvalue weighted by Gasteiger charge is -2.16. The molecule has 0 saturated heterocycles. The van der Waals surface area contributed by atoms with Crippen molar-refractivity contribution in [2.45, 2.75) is 12.7 Å². The molecule has 0 saturated carbocycles. The molecule has 1 aromatic rings. The van der Waals surface area contributed by atoms with Crippen molar-refractivity contribution in [1.82, 2.24) is 4.90 Å². The fourth-order valence-corrected chi connectivity index (χ4v) is 1.69. The van der Waals surface area contributed by atoms with E-state index < -0.39 is 11.7 Å². The van der Waals surface area contributed by atoms with Gasteiger partial charge in [-0.05, 0) is 17.7 Å². The molecule has 6 heteroatoms. The number of alkyl halides is 4. The van der Waals surface area contributed by atoms with Gasteiger partial charge in [0.25, 0.3) is 0 Å². The Kier molecular flexibility index (Phi) is 4.56. The van der Waals surface area contributed by atoms with Gasteiger partial charge in [-0.25, -0.2) is 0 Å². The molecule has 17 heavy (non-hydrogen) atoms. The van der Waals surface area contributed by atoms with E-state index in [4.69, 9.17) is 0 Å². The Balaban J connectivity index is 2.72. The van der Waals surface area contributed by atoms with E-state index in [-0.39, 0.29) is 11.2 Å². The number of hydrogen-bond acceptors (Lipinski definition) is 1. The topological polar surface area (TPSA) is 20.3 Å². The van der Waals surface area contributed by atoms with Gasteiger partial charge in [0.05, 0.1) is 10.9 Å². The van der Waals surface area contributed by atoms with Gasteiger partial charge in [-0.3, -0.25) is 4.79 Å². The van der Waals surface area contributed by atoms with Crippen LogP contribution in [0.4, 0.5) is 13.2 Å². The van der Waals surface area contributed by atoms with E-state index >= 15 is 0 Å². The van der Waals surface area contributed by atoms with Crippen molar-refractivity contribution in [3.05, 3.63) is 35.4 Å². The highest BCUT2D eigenvalue weighted by atomic mass is 79.9. The summed E-state index contributed by atoms with van der Waals surface area (Å²) in [5.41, 5.74) is -0.0227. The van der Waals surface area contributed by atoms with Crippen molar-refractivity contribution in [3.63, 3.8) is 0 Å². The largest absolute Gasteiger partial charge is 0.416 e. The summed E-state index contributed by atoms with van der Waals surface area (Å²) in [6.45, 7) is 0.294. The highest BCUT2D eigenvalue weighted by Gasteiger charge is 2.29. The number of halogens is 4. The number of benzene rings is 1. The molecule has 0 aromatic heterocycles. The third-order valence-electron chi connectivity index (χ3n) is 2.24. The Morgan fingerprint density at radius 2 is 1.82 bits per heavy atom. The molecule has 0 fully saturated rings. The molecule has 1 rings (SSSR count). The van der Waals surface area contributed by atoms with Gasteiger partial charge in [0.2, 0.25) is 5.91 Å². The minimum atomic E-state index is -4.32. The summed E-state index contributed by atoms with van der Waals surface area (Å²) in [5.74, 6) is -0.120. The maximum atomic E-state index is 12.3. The fourth-order valence-electron chi connectivity index (χ4n) is 1.26. The molecule has 2 nitrogen and oxygen atoms in total. The average molecular weight is 310 g/mol. The van der Waals surface area contributed by atoms with Crippen LogP contribution in [-0.2, 0) is 17.5 Å². The SMILES string of the molecule is CN(Cc1ccc(C(F)(F)F)cc1)C(=O)CBr. The third kappa shape index (κ3) is 4.03. The van der Waals surface area contributed by atoms with Crippen LogP contribution in [0.1, 0.15) is 11.1 Å². The van der Waals surface area contributed by atoms with E-state index in [0.717, 1.165) is 12.1 Å². The second-order valence-electron chi connectivity index (χ2n) is 3.58. The van der Waals surface area contributed by atoms with E-state index in [9.17, 15) is 18.0 Å². The predicted octanol–water partition coefficient (Wildman–Crippen LogP) is 3.06. The first kappa shape index (κ1) is 14.0. The quantitative estimate of drug-likeness (QED) is 0.786. The number of amides is 1. The molecular formula is C11H11BrF3NO. The Morgan fingerprint density at radius 3 is 2.24 bits per heavy atom. The summed E-state index contributed by atoms with van der Waals surface area (Å²) in [5, 5.41) is 0.199. The normalized spacial score (nSPS) is 11.4. The molecule has 0 radical (unpaired) electrons. The number of hydrogen-bond donors (Lipinski definition) is 0. The monoisotopic (exact) mass is 309 g/mol. The van der Waals surface area contributed by atoms with Crippen LogP contribution in [0.3, 0.4) is 0 Å². The first-order valence-corrected chi connectivity index (χ1v) is 5.93. The summed E-state index contributed by atoms with van der Waals surface area (Å²) < 4.78 is 36.9. The van der Waals surface area contributed by atoms with Crippen molar-refractivity contribution < 1.29 is 18.0 Å². The zero-order valence-electron chi connectivity index (χ0n) is 9.09. The van der Waals surface area contributed by atoms with E-state index in [1.54, 1.807) is 7.05 Å². The van der Waals surface area contributed by atoms with Gasteiger partial charge < -0.3 is 4.90 Å². The predicted molar refractivity (Wildman–Crippen MR) is 61.7 cm³/mol. The number of carbonyl (C=O) groups is 1. The zero-order chi connectivity index (χ0) is 13.1. The molecule has 94 valence electrons. The highest BCUT2D eigenvalue weighted by Crippen LogP contribution is 2.29. The van der Waals surface area contributed by atoms with Crippen LogP contribution in [0.5, 0.6) is 0 Å². The molecule has 0 spiro atoms. The van der Waals surface area contributed by atoms with Crippen LogP contribution in [-0.4, -0.2) is 23.2 Å². The van der Waals surface area contributed by atoms with Crippen LogP contribution in [0.2, 0.25) is 0 Å². The smallest absolute Gasteiger partial charge is 0.341 e. The molecule has 0 bridgehead atoms. The Labute approximate surface area is 106 Å². The summed E-state index contributed by atoms with van der Waals surface area (Å²) in [6, 6.07) is 4.78. The van der Waals surface area contributed by atoms with Crippen LogP contribution in [0.15, 0.2) is 24.3 Å². The van der Waals surface area contributed by atoms with Crippen LogP contribution >= 0.6 is 15.9 Å². The summed E-state index contributed by atoms with van der Waals surface area (Å²) in [6.07, 6.45) is -4.32. The van der Waals surface area contributed by atoms with Gasteiger partial charge >= 0.3 is 6.18 Å². The summed E-state index contributed by atoms with van der Waals surface area (Å²) >= 11 is 3.03.